The second-order valence-corrected chi connectivity index (χ2v) is 19.9. The van der Waals surface area contributed by atoms with Crippen molar-refractivity contribution in [2.24, 2.45) is 45.3 Å². The third-order valence-corrected chi connectivity index (χ3v) is 12.2. The van der Waals surface area contributed by atoms with Crippen molar-refractivity contribution in [2.75, 3.05) is 6.54 Å². The number of guanidine groups is 1. The van der Waals surface area contributed by atoms with Crippen molar-refractivity contribution in [3.8, 4) is 5.75 Å². The van der Waals surface area contributed by atoms with Gasteiger partial charge in [0, 0.05) is 32.2 Å². The number of hydrogen-bond acceptors (Lipinski definition) is 17. The molecule has 0 saturated heterocycles. The van der Waals surface area contributed by atoms with Crippen LogP contribution >= 0.6 is 0 Å². The predicted molar refractivity (Wildman–Crippen MR) is 298 cm³/mol. The minimum absolute atomic E-state index is 0.107. The number of carboxylic acid groups (broad SMARTS) is 3. The van der Waals surface area contributed by atoms with Crippen molar-refractivity contribution in [3.63, 3.8) is 0 Å². The van der Waals surface area contributed by atoms with E-state index in [2.05, 4.69) is 47.5 Å². The van der Waals surface area contributed by atoms with Gasteiger partial charge in [-0.25, -0.2) is 4.79 Å². The summed E-state index contributed by atoms with van der Waals surface area (Å²) in [4.78, 5) is 186. The lowest BCUT2D eigenvalue weighted by molar-refractivity contribution is -0.143. The van der Waals surface area contributed by atoms with Gasteiger partial charge in [0.15, 0.2) is 5.96 Å². The molecule has 33 nitrogen and oxygen atoms in total. The van der Waals surface area contributed by atoms with Crippen molar-refractivity contribution in [1.82, 2.24) is 42.5 Å². The first-order chi connectivity index (χ1) is 39.8. The van der Waals surface area contributed by atoms with Crippen LogP contribution in [0.1, 0.15) is 89.2 Å². The molecule has 0 aliphatic heterocycles. The second-order valence-electron chi connectivity index (χ2n) is 19.9. The molecule has 85 heavy (non-hydrogen) atoms. The number of phenols is 1. The van der Waals surface area contributed by atoms with E-state index >= 15 is 0 Å². The molecule has 9 atom stereocenters. The van der Waals surface area contributed by atoms with Gasteiger partial charge in [0.1, 0.15) is 54.1 Å². The third-order valence-electron chi connectivity index (χ3n) is 12.2. The quantitative estimate of drug-likeness (QED) is 0.0168. The smallest absolute Gasteiger partial charge is 0.326 e. The molecular formula is C52H75N15O18. The number of rotatable bonds is 39. The number of phenolic OH excluding ortho intramolecular Hbond substituents is 1. The molecule has 0 aliphatic carbocycles. The summed E-state index contributed by atoms with van der Waals surface area (Å²) in [5.74, 6) is -17.9. The molecule has 2 aromatic carbocycles. The molecule has 0 fully saturated rings. The Morgan fingerprint density at radius 3 is 1.34 bits per heavy atom. The number of amides is 11. The van der Waals surface area contributed by atoms with Gasteiger partial charge in [-0.05, 0) is 61.3 Å². The van der Waals surface area contributed by atoms with Crippen LogP contribution in [-0.2, 0) is 80.0 Å². The molecule has 466 valence electrons. The summed E-state index contributed by atoms with van der Waals surface area (Å²) in [5.41, 5.74) is 33.2. The molecule has 0 aromatic heterocycles. The van der Waals surface area contributed by atoms with Crippen molar-refractivity contribution in [2.45, 2.75) is 145 Å². The van der Waals surface area contributed by atoms with E-state index in [0.717, 1.165) is 0 Å². The highest BCUT2D eigenvalue weighted by Crippen LogP contribution is 2.14. The molecule has 0 heterocycles. The zero-order valence-corrected chi connectivity index (χ0v) is 46.6. The first-order valence-corrected chi connectivity index (χ1v) is 26.4. The SMILES string of the molecule is CC(C)C[C@H](NC(=O)[C@H](Cc1ccccc1)NC(=O)[C@H](CC(N)=O)NC(=O)[C@@H](N)CC(N)=O)C(=O)N[C@@H](CC(=O)O)C(=O)N[C@@H](CCCN=C(N)N)C(=O)N[C@@H](CCC(=O)O)C(=O)N[C@@H](CCC(N)=O)C(=O)N[C@@H](Cc1ccc(O)cc1)C(=O)O. The fourth-order valence-corrected chi connectivity index (χ4v) is 7.98. The summed E-state index contributed by atoms with van der Waals surface area (Å²) >= 11 is 0. The van der Waals surface area contributed by atoms with Gasteiger partial charge in [0.05, 0.1) is 25.3 Å². The van der Waals surface area contributed by atoms with Gasteiger partial charge < -0.3 is 97.4 Å². The summed E-state index contributed by atoms with van der Waals surface area (Å²) in [6.45, 7) is 3.10. The Hall–Kier alpha value is -9.95. The summed E-state index contributed by atoms with van der Waals surface area (Å²) in [5, 5.41) is 57.6. The molecule has 33 heteroatoms. The minimum atomic E-state index is -2.04. The Bertz CT molecular complexity index is 2740. The number of carbonyl (C=O) groups excluding carboxylic acids is 11. The van der Waals surface area contributed by atoms with E-state index in [9.17, 15) is 87.5 Å². The Balaban J connectivity index is 2.54. The van der Waals surface area contributed by atoms with E-state index in [1.165, 1.54) is 24.3 Å². The average molecular weight is 1200 g/mol. The second kappa shape index (κ2) is 35.8. The molecule has 0 unspecified atom stereocenters. The maximum absolute atomic E-state index is 14.2. The number of aliphatic imine (C=N–C) groups is 1. The topological polar surface area (TPSA) is 585 Å². The maximum Gasteiger partial charge on any atom is 0.326 e. The van der Waals surface area contributed by atoms with Crippen LogP contribution in [-0.4, -0.2) is 170 Å². The van der Waals surface area contributed by atoms with Gasteiger partial charge in [0.2, 0.25) is 65.0 Å². The van der Waals surface area contributed by atoms with Crippen LogP contribution in [0.4, 0.5) is 0 Å². The molecule has 0 saturated carbocycles. The number of hydrogen-bond donors (Lipinski definition) is 18. The molecule has 0 aliphatic rings. The monoisotopic (exact) mass is 1200 g/mol. The van der Waals surface area contributed by atoms with E-state index < -0.39 is 188 Å². The van der Waals surface area contributed by atoms with Crippen LogP contribution in [0.2, 0.25) is 0 Å². The highest BCUT2D eigenvalue weighted by Gasteiger charge is 2.37. The number of aromatic hydroxyl groups is 1. The van der Waals surface area contributed by atoms with Gasteiger partial charge in [0.25, 0.3) is 0 Å². The summed E-state index contributed by atoms with van der Waals surface area (Å²) in [7, 11) is 0. The standard InChI is InChI=1S/C52H75N15O18/c1-25(2)19-33(64-48(81)34(20-26-7-4-3-5-8-26)65-49(82)35(23-40(56)71)63-43(76)29(53)22-39(55)70)47(80)66-36(24-42(74)75)50(83)60-30(9-6-18-59-52(57)58)44(77)62-32(15-17-41(72)73)45(78)61-31(14-16-38(54)69)46(79)67-37(51(84)85)21-27-10-12-28(68)13-11-27/h3-5,7-8,10-13,25,29-37,68H,6,9,14-24,53H2,1-2H3,(H2,54,69)(H2,55,70)(H2,56,71)(H,60,83)(H,61,78)(H,62,77)(H,63,76)(H,64,81)(H,65,82)(H,66,80)(H,67,79)(H,72,73)(H,74,75)(H,84,85)(H4,57,58,59)/t29-,30-,31-,32-,33-,34-,35-,36-,37-/m0/s1. The van der Waals surface area contributed by atoms with Crippen molar-refractivity contribution >= 4 is 88.8 Å². The third kappa shape index (κ3) is 28.1. The van der Waals surface area contributed by atoms with Gasteiger partial charge in [-0.3, -0.25) is 67.3 Å². The van der Waals surface area contributed by atoms with Crippen LogP contribution in [0.15, 0.2) is 59.6 Å². The number of aliphatic carboxylic acids is 3. The van der Waals surface area contributed by atoms with Crippen LogP contribution in [0.5, 0.6) is 5.75 Å². The Kier molecular flexibility index (Phi) is 30.0. The summed E-state index contributed by atoms with van der Waals surface area (Å²) in [6.07, 6.45) is -6.43. The van der Waals surface area contributed by atoms with Crippen molar-refractivity contribution in [3.05, 3.63) is 65.7 Å². The number of nitrogens with zero attached hydrogens (tertiary/aromatic N) is 1. The number of carboxylic acids is 3. The molecule has 0 spiro atoms. The zero-order valence-electron chi connectivity index (χ0n) is 46.6. The normalized spacial score (nSPS) is 14.0. The van der Waals surface area contributed by atoms with Gasteiger partial charge in [-0.15, -0.1) is 0 Å². The predicted octanol–water partition coefficient (Wildman–Crippen LogP) is -6.08. The van der Waals surface area contributed by atoms with E-state index in [4.69, 9.17) is 34.4 Å². The molecule has 2 aromatic rings. The van der Waals surface area contributed by atoms with Crippen LogP contribution in [0.3, 0.4) is 0 Å². The van der Waals surface area contributed by atoms with E-state index in [-0.39, 0.29) is 50.4 Å². The summed E-state index contributed by atoms with van der Waals surface area (Å²) in [6, 6.07) is -2.18. The van der Waals surface area contributed by atoms with E-state index in [1.807, 2.05) is 0 Å². The number of primary amides is 3. The number of carbonyl (C=O) groups is 14. The van der Waals surface area contributed by atoms with Crippen LogP contribution in [0, 0.1) is 5.92 Å². The van der Waals surface area contributed by atoms with E-state index in [0.29, 0.717) is 11.1 Å². The van der Waals surface area contributed by atoms with Crippen molar-refractivity contribution < 1.29 is 87.5 Å². The van der Waals surface area contributed by atoms with E-state index in [1.54, 1.807) is 44.2 Å². The first kappa shape index (κ1) is 71.2. The lowest BCUT2D eigenvalue weighted by atomic mass is 10.00. The number of benzene rings is 2. The fourth-order valence-electron chi connectivity index (χ4n) is 7.98. The number of nitrogens with two attached hydrogens (primary N) is 6. The molecule has 0 bridgehead atoms. The lowest BCUT2D eigenvalue weighted by Gasteiger charge is -2.28. The Morgan fingerprint density at radius 1 is 0.447 bits per heavy atom. The average Bonchev–Trinajstić information content (AvgIpc) is 3.62. The summed E-state index contributed by atoms with van der Waals surface area (Å²) < 4.78 is 0. The van der Waals surface area contributed by atoms with Gasteiger partial charge in [-0.1, -0.05) is 56.3 Å². The molecule has 2 rings (SSSR count). The van der Waals surface area contributed by atoms with Crippen LogP contribution < -0.4 is 76.9 Å². The fraction of sp³-hybridized carbons (Fsp3) is 0.481. The largest absolute Gasteiger partial charge is 0.508 e. The van der Waals surface area contributed by atoms with Crippen LogP contribution in [0.25, 0.3) is 0 Å². The highest BCUT2D eigenvalue weighted by atomic mass is 16.4. The highest BCUT2D eigenvalue weighted by molar-refractivity contribution is 6.00. The molecule has 24 N–H and O–H groups in total. The lowest BCUT2D eigenvalue weighted by Crippen LogP contribution is -2.61. The van der Waals surface area contributed by atoms with Gasteiger partial charge >= 0.3 is 17.9 Å². The minimum Gasteiger partial charge on any atom is -0.508 e. The number of nitrogens with one attached hydrogen (secondary N) is 8. The molecule has 11 amide bonds. The Labute approximate surface area is 486 Å². The maximum atomic E-state index is 14.2. The molecule has 0 radical (unpaired) electrons. The first-order valence-electron chi connectivity index (χ1n) is 26.4. The molecular weight excluding hydrogens is 1120 g/mol. The zero-order chi connectivity index (χ0) is 64.1. The Morgan fingerprint density at radius 2 is 0.859 bits per heavy atom. The van der Waals surface area contributed by atoms with Crippen molar-refractivity contribution in [1.29, 1.82) is 0 Å². The van der Waals surface area contributed by atoms with Gasteiger partial charge in [-0.2, -0.15) is 0 Å².